The van der Waals surface area contributed by atoms with Gasteiger partial charge in [0.2, 0.25) is 5.91 Å². The third-order valence-corrected chi connectivity index (χ3v) is 2.76. The van der Waals surface area contributed by atoms with Crippen LogP contribution < -0.4 is 5.32 Å². The maximum Gasteiger partial charge on any atom is 0.217 e. The van der Waals surface area contributed by atoms with E-state index in [0.717, 1.165) is 6.42 Å². The highest BCUT2D eigenvalue weighted by molar-refractivity contribution is 5.73. The lowest BCUT2D eigenvalue weighted by Gasteiger charge is -2.42. The molecule has 1 aliphatic heterocycles. The minimum atomic E-state index is -1.32. The van der Waals surface area contributed by atoms with Gasteiger partial charge in [0.05, 0.1) is 6.61 Å². The van der Waals surface area contributed by atoms with Crippen LogP contribution in [0.3, 0.4) is 0 Å². The molecule has 4 N–H and O–H groups in total. The van der Waals surface area contributed by atoms with E-state index in [2.05, 4.69) is 5.32 Å². The number of rotatable bonds is 5. The molecule has 1 heterocycles. The van der Waals surface area contributed by atoms with E-state index in [4.69, 9.17) is 14.6 Å². The molecule has 0 aromatic rings. The number of hydrogen-bond donors (Lipinski definition) is 4. The topological polar surface area (TPSA) is 108 Å². The molecule has 0 bridgehead atoms. The maximum absolute atomic E-state index is 11.1. The molecule has 0 radical (unpaired) electrons. The van der Waals surface area contributed by atoms with Crippen LogP contribution in [0.1, 0.15) is 20.3 Å². The van der Waals surface area contributed by atoms with Crippen molar-refractivity contribution >= 4 is 5.91 Å². The first-order chi connectivity index (χ1) is 8.51. The summed E-state index contributed by atoms with van der Waals surface area (Å²) in [6.45, 7) is 3.15. The normalized spacial score (nSPS) is 36.4. The lowest BCUT2D eigenvalue weighted by molar-refractivity contribution is -0.261. The van der Waals surface area contributed by atoms with Crippen LogP contribution >= 0.6 is 0 Å². The average Bonchev–Trinajstić information content (AvgIpc) is 2.32. The average molecular weight is 263 g/mol. The van der Waals surface area contributed by atoms with E-state index in [1.807, 2.05) is 6.92 Å². The number of ether oxygens (including phenoxy) is 2. The van der Waals surface area contributed by atoms with Crippen LogP contribution in [-0.4, -0.2) is 65.1 Å². The number of amides is 1. The van der Waals surface area contributed by atoms with Crippen molar-refractivity contribution in [3.05, 3.63) is 0 Å². The molecule has 0 unspecified atom stereocenters. The number of carbonyl (C=O) groups excluding carboxylic acids is 1. The van der Waals surface area contributed by atoms with Gasteiger partial charge in [0.25, 0.3) is 0 Å². The maximum atomic E-state index is 11.1. The molecule has 0 aromatic heterocycles. The second-order valence-electron chi connectivity index (χ2n) is 4.30. The molecule has 1 rings (SSSR count). The summed E-state index contributed by atoms with van der Waals surface area (Å²) in [7, 11) is 0. The Balaban J connectivity index is 2.79. The number of hydrogen-bond acceptors (Lipinski definition) is 6. The Morgan fingerprint density at radius 3 is 2.61 bits per heavy atom. The molecule has 1 saturated heterocycles. The van der Waals surface area contributed by atoms with Crippen LogP contribution in [0.2, 0.25) is 0 Å². The lowest BCUT2D eigenvalue weighted by atomic mass is 9.96. The van der Waals surface area contributed by atoms with E-state index in [1.54, 1.807) is 0 Å². The van der Waals surface area contributed by atoms with E-state index in [9.17, 15) is 15.0 Å². The molecule has 7 heteroatoms. The standard InChI is InChI=1S/C11H21NO6/c1-3-4-17-10-8(12-6(2)14)11(16)18-7(5-13)9(10)15/h7-11,13,15-16H,3-5H2,1-2H3,(H,12,14)/t7-,8+,9-,10+,11-/m1/s1. The smallest absolute Gasteiger partial charge is 0.217 e. The van der Waals surface area contributed by atoms with Crippen molar-refractivity contribution < 1.29 is 29.6 Å². The molecule has 106 valence electrons. The Morgan fingerprint density at radius 1 is 1.44 bits per heavy atom. The van der Waals surface area contributed by atoms with Crippen molar-refractivity contribution in [1.29, 1.82) is 0 Å². The highest BCUT2D eigenvalue weighted by Crippen LogP contribution is 2.22. The second kappa shape index (κ2) is 7.01. The molecule has 1 aliphatic rings. The van der Waals surface area contributed by atoms with Gasteiger partial charge in [-0.3, -0.25) is 4.79 Å². The minimum Gasteiger partial charge on any atom is -0.394 e. The Bertz CT molecular complexity index is 274. The summed E-state index contributed by atoms with van der Waals surface area (Å²) in [5.41, 5.74) is 0. The van der Waals surface area contributed by atoms with Crippen LogP contribution in [-0.2, 0) is 14.3 Å². The van der Waals surface area contributed by atoms with Crippen molar-refractivity contribution in [2.45, 2.75) is 50.9 Å². The third-order valence-electron chi connectivity index (χ3n) is 2.76. The summed E-state index contributed by atoms with van der Waals surface area (Å²) in [6.07, 6.45) is -3.43. The first-order valence-corrected chi connectivity index (χ1v) is 6.02. The molecule has 0 aliphatic carbocycles. The van der Waals surface area contributed by atoms with Crippen molar-refractivity contribution in [1.82, 2.24) is 5.32 Å². The second-order valence-corrected chi connectivity index (χ2v) is 4.30. The summed E-state index contributed by atoms with van der Waals surface area (Å²) in [4.78, 5) is 11.1. The third kappa shape index (κ3) is 3.63. The highest BCUT2D eigenvalue weighted by atomic mass is 16.6. The summed E-state index contributed by atoms with van der Waals surface area (Å²) >= 11 is 0. The number of aliphatic hydroxyl groups is 3. The van der Waals surface area contributed by atoms with Gasteiger partial charge in [0, 0.05) is 13.5 Å². The number of nitrogens with one attached hydrogen (secondary N) is 1. The Hall–Kier alpha value is -0.730. The highest BCUT2D eigenvalue weighted by Gasteiger charge is 2.45. The van der Waals surface area contributed by atoms with Crippen molar-refractivity contribution in [2.24, 2.45) is 0 Å². The molecule has 0 aromatic carbocycles. The van der Waals surface area contributed by atoms with Crippen LogP contribution in [0.25, 0.3) is 0 Å². The van der Waals surface area contributed by atoms with Crippen molar-refractivity contribution in [3.63, 3.8) is 0 Å². The molecular weight excluding hydrogens is 242 g/mol. The van der Waals surface area contributed by atoms with Gasteiger partial charge in [-0.05, 0) is 6.42 Å². The number of aliphatic hydroxyl groups excluding tert-OH is 3. The first kappa shape index (κ1) is 15.3. The zero-order valence-corrected chi connectivity index (χ0v) is 10.6. The zero-order chi connectivity index (χ0) is 13.7. The van der Waals surface area contributed by atoms with E-state index in [-0.39, 0.29) is 5.91 Å². The SMILES string of the molecule is CCCO[C@@H]1[C@H](O)[C@@H](CO)O[C@@H](O)[C@H]1NC(C)=O. The van der Waals surface area contributed by atoms with Crippen LogP contribution in [0.4, 0.5) is 0 Å². The molecule has 18 heavy (non-hydrogen) atoms. The van der Waals surface area contributed by atoms with Gasteiger partial charge >= 0.3 is 0 Å². The van der Waals surface area contributed by atoms with Gasteiger partial charge < -0.3 is 30.1 Å². The molecule has 1 fully saturated rings. The summed E-state index contributed by atoms with van der Waals surface area (Å²) in [5.74, 6) is -0.359. The molecule has 5 atom stereocenters. The quantitative estimate of drug-likeness (QED) is 0.473. The van der Waals surface area contributed by atoms with Crippen molar-refractivity contribution in [3.8, 4) is 0 Å². The summed E-state index contributed by atoms with van der Waals surface area (Å²) < 4.78 is 10.5. The largest absolute Gasteiger partial charge is 0.394 e. The zero-order valence-electron chi connectivity index (χ0n) is 10.6. The molecule has 7 nitrogen and oxygen atoms in total. The number of carbonyl (C=O) groups is 1. The fourth-order valence-electron chi connectivity index (χ4n) is 1.93. The van der Waals surface area contributed by atoms with Crippen LogP contribution in [0, 0.1) is 0 Å². The van der Waals surface area contributed by atoms with Gasteiger partial charge in [0.1, 0.15) is 24.4 Å². The predicted octanol–water partition coefficient (Wildman–Crippen LogP) is -1.64. The van der Waals surface area contributed by atoms with Gasteiger partial charge in [0.15, 0.2) is 6.29 Å². The van der Waals surface area contributed by atoms with E-state index >= 15 is 0 Å². The van der Waals surface area contributed by atoms with Gasteiger partial charge in [-0.1, -0.05) is 6.92 Å². The van der Waals surface area contributed by atoms with Crippen LogP contribution in [0.15, 0.2) is 0 Å². The predicted molar refractivity (Wildman–Crippen MR) is 61.6 cm³/mol. The first-order valence-electron chi connectivity index (χ1n) is 6.02. The van der Waals surface area contributed by atoms with Gasteiger partial charge in [-0.2, -0.15) is 0 Å². The Morgan fingerprint density at radius 2 is 2.11 bits per heavy atom. The minimum absolute atomic E-state index is 0.359. The summed E-state index contributed by atoms with van der Waals surface area (Å²) in [6, 6.07) is -0.855. The van der Waals surface area contributed by atoms with Gasteiger partial charge in [-0.25, -0.2) is 0 Å². The monoisotopic (exact) mass is 263 g/mol. The van der Waals surface area contributed by atoms with E-state index < -0.39 is 37.3 Å². The van der Waals surface area contributed by atoms with Crippen LogP contribution in [0.5, 0.6) is 0 Å². The Kier molecular flexibility index (Phi) is 5.97. The Labute approximate surface area is 106 Å². The van der Waals surface area contributed by atoms with E-state index in [0.29, 0.717) is 6.61 Å². The molecule has 0 saturated carbocycles. The molecule has 1 amide bonds. The fourth-order valence-corrected chi connectivity index (χ4v) is 1.93. The molecule has 0 spiro atoms. The van der Waals surface area contributed by atoms with Gasteiger partial charge in [-0.15, -0.1) is 0 Å². The van der Waals surface area contributed by atoms with Crippen molar-refractivity contribution in [2.75, 3.05) is 13.2 Å². The van der Waals surface area contributed by atoms with E-state index in [1.165, 1.54) is 6.92 Å². The fraction of sp³-hybridized carbons (Fsp3) is 0.909. The molecular formula is C11H21NO6. The summed E-state index contributed by atoms with van der Waals surface area (Å²) in [5, 5.41) is 31.3. The lowest BCUT2D eigenvalue weighted by Crippen LogP contribution is -2.64.